The molecule has 1 heterocycles. The van der Waals surface area contributed by atoms with Gasteiger partial charge in [-0.15, -0.1) is 0 Å². The topological polar surface area (TPSA) is 131 Å². The maximum absolute atomic E-state index is 13.0. The molecule has 1 unspecified atom stereocenters. The molecule has 0 saturated carbocycles. The molecule has 1 N–H and O–H groups in total. The summed E-state index contributed by atoms with van der Waals surface area (Å²) in [5.74, 6) is 0.461. The van der Waals surface area contributed by atoms with Crippen LogP contribution in [0.5, 0.6) is 11.5 Å². The predicted molar refractivity (Wildman–Crippen MR) is 121 cm³/mol. The first-order valence-corrected chi connectivity index (χ1v) is 11.6. The first-order valence-electron chi connectivity index (χ1n) is 10.2. The van der Waals surface area contributed by atoms with Crippen LogP contribution in [0.4, 0.5) is 11.4 Å². The number of nitro groups is 1. The fourth-order valence-corrected chi connectivity index (χ4v) is 4.98. The van der Waals surface area contributed by atoms with Gasteiger partial charge in [-0.3, -0.25) is 19.8 Å². The largest absolute Gasteiger partial charge is 0.497 e. The highest BCUT2D eigenvalue weighted by atomic mass is 32.2. The van der Waals surface area contributed by atoms with Crippen molar-refractivity contribution in [1.29, 1.82) is 0 Å². The summed E-state index contributed by atoms with van der Waals surface area (Å²) < 4.78 is 37.3. The Hall–Kier alpha value is -3.22. The van der Waals surface area contributed by atoms with Crippen LogP contribution in [0.25, 0.3) is 0 Å². The molecule has 11 nitrogen and oxygen atoms in total. The lowest BCUT2D eigenvalue weighted by Crippen LogP contribution is -2.53. The number of methoxy groups -OCH3 is 2. The first kappa shape index (κ1) is 24.4. The minimum atomic E-state index is -3.93. The molecular formula is C21H26N4O7S. The van der Waals surface area contributed by atoms with Crippen LogP contribution < -0.4 is 14.8 Å². The highest BCUT2D eigenvalue weighted by Crippen LogP contribution is 2.31. The molecule has 2 aromatic rings. The number of carbonyl (C=O) groups excluding carboxylic acids is 1. The van der Waals surface area contributed by atoms with E-state index in [1.165, 1.54) is 23.5 Å². The number of nitrogens with one attached hydrogen (secondary N) is 1. The zero-order chi connectivity index (χ0) is 24.2. The molecule has 3 rings (SSSR count). The van der Waals surface area contributed by atoms with E-state index in [-0.39, 0.29) is 29.6 Å². The highest BCUT2D eigenvalue weighted by Gasteiger charge is 2.33. The third-order valence-corrected chi connectivity index (χ3v) is 7.44. The third kappa shape index (κ3) is 5.41. The minimum Gasteiger partial charge on any atom is -0.497 e. The summed E-state index contributed by atoms with van der Waals surface area (Å²) in [6.45, 7) is 2.75. The molecule has 12 heteroatoms. The van der Waals surface area contributed by atoms with Gasteiger partial charge in [-0.2, -0.15) is 4.31 Å². The number of amides is 1. The normalized spacial score (nSPS) is 16.1. The molecule has 1 amide bonds. The SMILES string of the molecule is COc1ccc(NC(=O)C(C)N2CCN(S(=O)(=O)c3ccc(OC)c([N+](=O)[O-])c3)CC2)cc1. The van der Waals surface area contributed by atoms with Crippen molar-refractivity contribution in [2.75, 3.05) is 45.7 Å². The molecule has 1 aliphatic heterocycles. The number of carbonyl (C=O) groups is 1. The molecule has 1 fully saturated rings. The average molecular weight is 479 g/mol. The van der Waals surface area contributed by atoms with Gasteiger partial charge in [0.1, 0.15) is 5.75 Å². The van der Waals surface area contributed by atoms with Crippen LogP contribution in [0.1, 0.15) is 6.92 Å². The van der Waals surface area contributed by atoms with Crippen LogP contribution in [-0.2, 0) is 14.8 Å². The van der Waals surface area contributed by atoms with E-state index < -0.39 is 26.7 Å². The molecule has 33 heavy (non-hydrogen) atoms. The van der Waals surface area contributed by atoms with Crippen LogP contribution in [0.15, 0.2) is 47.4 Å². The standard InChI is InChI=1S/C21H26N4O7S/c1-15(21(26)22-16-4-6-17(31-2)7-5-16)23-10-12-24(13-11-23)33(29,30)18-8-9-20(32-3)19(14-18)25(27)28/h4-9,14-15H,10-13H2,1-3H3,(H,22,26). The van der Waals surface area contributed by atoms with Gasteiger partial charge in [0.05, 0.1) is 30.1 Å². The van der Waals surface area contributed by atoms with Crippen LogP contribution >= 0.6 is 0 Å². The van der Waals surface area contributed by atoms with E-state index in [0.29, 0.717) is 24.5 Å². The van der Waals surface area contributed by atoms with E-state index in [1.54, 1.807) is 38.3 Å². The highest BCUT2D eigenvalue weighted by molar-refractivity contribution is 7.89. The van der Waals surface area contributed by atoms with Crippen LogP contribution in [0.2, 0.25) is 0 Å². The molecule has 1 aliphatic rings. The van der Waals surface area contributed by atoms with Crippen molar-refractivity contribution in [3.05, 3.63) is 52.6 Å². The van der Waals surface area contributed by atoms with Crippen LogP contribution in [-0.4, -0.2) is 74.9 Å². The number of anilines is 1. The van der Waals surface area contributed by atoms with E-state index in [2.05, 4.69) is 5.32 Å². The summed E-state index contributed by atoms with van der Waals surface area (Å²) in [6, 6.07) is 10.1. The van der Waals surface area contributed by atoms with E-state index in [1.807, 2.05) is 4.90 Å². The Bertz CT molecular complexity index is 1110. The quantitative estimate of drug-likeness (QED) is 0.450. The number of rotatable bonds is 8. The summed E-state index contributed by atoms with van der Waals surface area (Å²) in [4.78, 5) is 24.9. The first-order chi connectivity index (χ1) is 15.7. The third-order valence-electron chi connectivity index (χ3n) is 5.54. The zero-order valence-corrected chi connectivity index (χ0v) is 19.4. The summed E-state index contributed by atoms with van der Waals surface area (Å²) in [6.07, 6.45) is 0. The van der Waals surface area contributed by atoms with Crippen molar-refractivity contribution >= 4 is 27.3 Å². The van der Waals surface area contributed by atoms with Crippen LogP contribution in [0, 0.1) is 10.1 Å². The van der Waals surface area contributed by atoms with E-state index in [9.17, 15) is 23.3 Å². The summed E-state index contributed by atoms with van der Waals surface area (Å²) in [7, 11) is -1.09. The summed E-state index contributed by atoms with van der Waals surface area (Å²) in [5, 5.41) is 14.1. The van der Waals surface area contributed by atoms with Gasteiger partial charge < -0.3 is 14.8 Å². The number of ether oxygens (including phenoxy) is 2. The Labute approximate surface area is 192 Å². The maximum Gasteiger partial charge on any atom is 0.312 e. The monoisotopic (exact) mass is 478 g/mol. The Kier molecular flexibility index (Phi) is 7.51. The van der Waals surface area contributed by atoms with Gasteiger partial charge in [0.15, 0.2) is 5.75 Å². The molecule has 0 bridgehead atoms. The number of nitrogens with zero attached hydrogens (tertiary/aromatic N) is 3. The fraction of sp³-hybridized carbons (Fsp3) is 0.381. The van der Waals surface area contributed by atoms with Gasteiger partial charge >= 0.3 is 5.69 Å². The number of benzene rings is 2. The van der Waals surface area contributed by atoms with Crippen molar-refractivity contribution in [1.82, 2.24) is 9.21 Å². The molecule has 178 valence electrons. The van der Waals surface area contributed by atoms with Crippen molar-refractivity contribution < 1.29 is 27.6 Å². The zero-order valence-electron chi connectivity index (χ0n) is 18.6. The number of nitro benzene ring substituents is 1. The Balaban J connectivity index is 1.64. The lowest BCUT2D eigenvalue weighted by molar-refractivity contribution is -0.386. The number of hydrogen-bond donors (Lipinski definition) is 1. The summed E-state index contributed by atoms with van der Waals surface area (Å²) >= 11 is 0. The van der Waals surface area contributed by atoms with Crippen LogP contribution in [0.3, 0.4) is 0 Å². The van der Waals surface area contributed by atoms with Gasteiger partial charge in [-0.05, 0) is 43.3 Å². The number of piperazine rings is 1. The lowest BCUT2D eigenvalue weighted by Gasteiger charge is -2.36. The van der Waals surface area contributed by atoms with E-state index in [4.69, 9.17) is 9.47 Å². The Morgan fingerprint density at radius 3 is 2.24 bits per heavy atom. The number of sulfonamides is 1. The second kappa shape index (κ2) is 10.1. The van der Waals surface area contributed by atoms with Crippen molar-refractivity contribution in [2.45, 2.75) is 17.9 Å². The molecule has 1 atom stereocenters. The average Bonchev–Trinajstić information content (AvgIpc) is 2.83. The lowest BCUT2D eigenvalue weighted by atomic mass is 10.2. The second-order valence-corrected chi connectivity index (χ2v) is 9.36. The molecule has 1 saturated heterocycles. The van der Waals surface area contributed by atoms with Crippen molar-refractivity contribution in [3.8, 4) is 11.5 Å². The van der Waals surface area contributed by atoms with Gasteiger partial charge in [0, 0.05) is 37.9 Å². The molecule has 0 spiro atoms. The van der Waals surface area contributed by atoms with Crippen molar-refractivity contribution in [3.63, 3.8) is 0 Å². The fourth-order valence-electron chi connectivity index (χ4n) is 3.54. The van der Waals surface area contributed by atoms with E-state index in [0.717, 1.165) is 6.07 Å². The smallest absolute Gasteiger partial charge is 0.312 e. The van der Waals surface area contributed by atoms with Gasteiger partial charge in [0.2, 0.25) is 15.9 Å². The molecule has 0 aliphatic carbocycles. The Morgan fingerprint density at radius 1 is 1.06 bits per heavy atom. The minimum absolute atomic E-state index is 0.0135. The van der Waals surface area contributed by atoms with E-state index >= 15 is 0 Å². The molecule has 2 aromatic carbocycles. The number of hydrogen-bond acceptors (Lipinski definition) is 8. The molecular weight excluding hydrogens is 452 g/mol. The maximum atomic E-state index is 13.0. The van der Waals surface area contributed by atoms with Gasteiger partial charge in [-0.1, -0.05) is 0 Å². The Morgan fingerprint density at radius 2 is 1.70 bits per heavy atom. The molecule has 0 radical (unpaired) electrons. The summed E-state index contributed by atoms with van der Waals surface area (Å²) in [5.41, 5.74) is 0.219. The molecule has 0 aromatic heterocycles. The van der Waals surface area contributed by atoms with Crippen molar-refractivity contribution in [2.24, 2.45) is 0 Å². The van der Waals surface area contributed by atoms with Gasteiger partial charge in [0.25, 0.3) is 0 Å². The second-order valence-electron chi connectivity index (χ2n) is 7.42. The van der Waals surface area contributed by atoms with Gasteiger partial charge in [-0.25, -0.2) is 8.42 Å². The predicted octanol–water partition coefficient (Wildman–Crippen LogP) is 1.95.